The molecule has 1 fully saturated rings. The minimum Gasteiger partial charge on any atom is -0.398 e. The summed E-state index contributed by atoms with van der Waals surface area (Å²) < 4.78 is 0. The molecule has 1 heterocycles. The Morgan fingerprint density at radius 1 is 1.19 bits per heavy atom. The first-order valence-corrected chi connectivity index (χ1v) is 9.08. The van der Waals surface area contributed by atoms with Crippen LogP contribution in [0, 0.1) is 17.0 Å². The summed E-state index contributed by atoms with van der Waals surface area (Å²) in [6.07, 6.45) is 0.926. The molecule has 0 saturated carbocycles. The average molecular weight is 375 g/mol. The minimum absolute atomic E-state index is 0.122. The quantitative estimate of drug-likeness (QED) is 0.499. The van der Waals surface area contributed by atoms with Crippen molar-refractivity contribution in [3.05, 3.63) is 62.7 Å². The zero-order valence-corrected chi connectivity index (χ0v) is 15.6. The highest BCUT2D eigenvalue weighted by Crippen LogP contribution is 2.33. The van der Waals surface area contributed by atoms with Crippen LogP contribution in [0.2, 0.25) is 5.02 Å². The Labute approximate surface area is 158 Å². The summed E-state index contributed by atoms with van der Waals surface area (Å²) in [6.45, 7) is 5.80. The van der Waals surface area contributed by atoms with Gasteiger partial charge in [-0.3, -0.25) is 15.0 Å². The number of rotatable bonds is 4. The zero-order chi connectivity index (χ0) is 18.7. The maximum atomic E-state index is 11.5. The topological polar surface area (TPSA) is 75.6 Å². The second kappa shape index (κ2) is 7.93. The molecule has 6 nitrogen and oxygen atoms in total. The number of hydrogen-bond acceptors (Lipinski definition) is 5. The van der Waals surface area contributed by atoms with Gasteiger partial charge in [0.25, 0.3) is 5.69 Å². The van der Waals surface area contributed by atoms with E-state index in [0.717, 1.165) is 48.7 Å². The largest absolute Gasteiger partial charge is 0.398 e. The van der Waals surface area contributed by atoms with Gasteiger partial charge in [0, 0.05) is 49.5 Å². The fraction of sp³-hybridized carbons (Fsp3) is 0.368. The van der Waals surface area contributed by atoms with E-state index in [4.69, 9.17) is 17.3 Å². The van der Waals surface area contributed by atoms with Gasteiger partial charge in [-0.2, -0.15) is 0 Å². The van der Waals surface area contributed by atoms with E-state index in [1.165, 1.54) is 0 Å². The Kier molecular flexibility index (Phi) is 5.64. The smallest absolute Gasteiger partial charge is 0.292 e. The van der Waals surface area contributed by atoms with Crippen molar-refractivity contribution in [3.63, 3.8) is 0 Å². The summed E-state index contributed by atoms with van der Waals surface area (Å²) in [5.74, 6) is 0. The Morgan fingerprint density at radius 2 is 1.96 bits per heavy atom. The normalized spacial score (nSPS) is 15.7. The second-order valence-corrected chi connectivity index (χ2v) is 7.07. The molecule has 1 saturated heterocycles. The summed E-state index contributed by atoms with van der Waals surface area (Å²) >= 11 is 6.27. The highest BCUT2D eigenvalue weighted by atomic mass is 35.5. The van der Waals surface area contributed by atoms with Gasteiger partial charge in [-0.15, -0.1) is 0 Å². The van der Waals surface area contributed by atoms with Gasteiger partial charge in [-0.25, -0.2) is 0 Å². The number of aryl methyl sites for hydroxylation is 1. The van der Waals surface area contributed by atoms with Crippen LogP contribution in [0.25, 0.3) is 0 Å². The standard InChI is InChI=1S/C19H23ClN4O2/c1-14-11-19(24(25)26)18(12-17(14)21)23-8-4-7-22(9-10-23)13-15-5-2-3-6-16(15)20/h2-3,5-6,11-12H,4,7-10,13,21H2,1H3. The van der Waals surface area contributed by atoms with E-state index in [9.17, 15) is 10.1 Å². The van der Waals surface area contributed by atoms with Gasteiger partial charge in [-0.1, -0.05) is 29.8 Å². The van der Waals surface area contributed by atoms with Crippen LogP contribution < -0.4 is 10.6 Å². The van der Waals surface area contributed by atoms with Gasteiger partial charge in [0.15, 0.2) is 0 Å². The minimum atomic E-state index is -0.325. The first kappa shape index (κ1) is 18.5. The number of halogens is 1. The lowest BCUT2D eigenvalue weighted by atomic mass is 10.1. The molecule has 0 radical (unpaired) electrons. The lowest BCUT2D eigenvalue weighted by Gasteiger charge is -2.24. The number of nitrogen functional groups attached to an aromatic ring is 1. The highest BCUT2D eigenvalue weighted by Gasteiger charge is 2.23. The molecule has 0 spiro atoms. The van der Waals surface area contributed by atoms with Gasteiger partial charge in [0.2, 0.25) is 0 Å². The third-order valence-electron chi connectivity index (χ3n) is 4.84. The van der Waals surface area contributed by atoms with E-state index in [2.05, 4.69) is 9.80 Å². The molecule has 0 unspecified atom stereocenters. The third kappa shape index (κ3) is 4.08. The first-order chi connectivity index (χ1) is 12.5. The van der Waals surface area contributed by atoms with Crippen molar-refractivity contribution in [2.24, 2.45) is 0 Å². The van der Waals surface area contributed by atoms with Crippen LogP contribution >= 0.6 is 11.6 Å². The first-order valence-electron chi connectivity index (χ1n) is 8.71. The number of nitrogens with two attached hydrogens (primary N) is 1. The maximum Gasteiger partial charge on any atom is 0.292 e. The number of hydrogen-bond donors (Lipinski definition) is 1. The predicted octanol–water partition coefficient (Wildman–Crippen LogP) is 3.85. The molecule has 2 aromatic carbocycles. The van der Waals surface area contributed by atoms with Crippen LogP contribution in [0.5, 0.6) is 0 Å². The fourth-order valence-electron chi connectivity index (χ4n) is 3.33. The lowest BCUT2D eigenvalue weighted by molar-refractivity contribution is -0.384. The SMILES string of the molecule is Cc1cc([N+](=O)[O-])c(N2CCCN(Cc3ccccc3Cl)CC2)cc1N. The van der Waals surface area contributed by atoms with Crippen molar-refractivity contribution < 1.29 is 4.92 Å². The van der Waals surface area contributed by atoms with Crippen molar-refractivity contribution >= 4 is 28.7 Å². The molecular weight excluding hydrogens is 352 g/mol. The van der Waals surface area contributed by atoms with Gasteiger partial charge >= 0.3 is 0 Å². The molecule has 26 heavy (non-hydrogen) atoms. The van der Waals surface area contributed by atoms with E-state index >= 15 is 0 Å². The van der Waals surface area contributed by atoms with Crippen LogP contribution in [-0.2, 0) is 6.54 Å². The van der Waals surface area contributed by atoms with Crippen LogP contribution in [-0.4, -0.2) is 36.0 Å². The fourth-order valence-corrected chi connectivity index (χ4v) is 3.53. The highest BCUT2D eigenvalue weighted by molar-refractivity contribution is 6.31. The van der Waals surface area contributed by atoms with E-state index in [-0.39, 0.29) is 10.6 Å². The monoisotopic (exact) mass is 374 g/mol. The molecule has 0 amide bonds. The van der Waals surface area contributed by atoms with E-state index < -0.39 is 0 Å². The molecular formula is C19H23ClN4O2. The van der Waals surface area contributed by atoms with Crippen LogP contribution in [0.4, 0.5) is 17.1 Å². The van der Waals surface area contributed by atoms with Crippen LogP contribution in [0.15, 0.2) is 36.4 Å². The molecule has 0 bridgehead atoms. The summed E-state index contributed by atoms with van der Waals surface area (Å²) in [5, 5.41) is 12.2. The maximum absolute atomic E-state index is 11.5. The summed E-state index contributed by atoms with van der Waals surface area (Å²) in [6, 6.07) is 11.2. The summed E-state index contributed by atoms with van der Waals surface area (Å²) in [7, 11) is 0. The lowest BCUT2D eigenvalue weighted by Crippen LogP contribution is -2.31. The predicted molar refractivity (Wildman–Crippen MR) is 106 cm³/mol. The van der Waals surface area contributed by atoms with Crippen LogP contribution in [0.1, 0.15) is 17.5 Å². The van der Waals surface area contributed by atoms with Crippen molar-refractivity contribution in [1.29, 1.82) is 0 Å². The van der Waals surface area contributed by atoms with Crippen molar-refractivity contribution in [2.45, 2.75) is 19.9 Å². The summed E-state index contributed by atoms with van der Waals surface area (Å²) in [4.78, 5) is 15.6. The van der Waals surface area contributed by atoms with Crippen molar-refractivity contribution in [1.82, 2.24) is 4.90 Å². The molecule has 7 heteroatoms. The summed E-state index contributed by atoms with van der Waals surface area (Å²) in [5.41, 5.74) is 9.16. The molecule has 2 aromatic rings. The molecule has 2 N–H and O–H groups in total. The Hall–Kier alpha value is -2.31. The number of nitro benzene ring substituents is 1. The zero-order valence-electron chi connectivity index (χ0n) is 14.8. The molecule has 1 aliphatic heterocycles. The molecule has 0 aliphatic carbocycles. The number of anilines is 2. The molecule has 1 aliphatic rings. The number of benzene rings is 2. The van der Waals surface area contributed by atoms with Crippen molar-refractivity contribution in [2.75, 3.05) is 36.8 Å². The van der Waals surface area contributed by atoms with E-state index in [1.54, 1.807) is 19.1 Å². The van der Waals surface area contributed by atoms with Gasteiger partial charge < -0.3 is 10.6 Å². The van der Waals surface area contributed by atoms with Gasteiger partial charge in [0.05, 0.1) is 4.92 Å². The number of nitro groups is 1. The molecule has 0 atom stereocenters. The Morgan fingerprint density at radius 3 is 2.69 bits per heavy atom. The molecule has 3 rings (SSSR count). The second-order valence-electron chi connectivity index (χ2n) is 6.66. The molecule has 0 aromatic heterocycles. The molecule has 138 valence electrons. The van der Waals surface area contributed by atoms with Gasteiger partial charge in [-0.05, 0) is 36.6 Å². The van der Waals surface area contributed by atoms with E-state index in [1.807, 2.05) is 24.3 Å². The number of nitrogens with zero attached hydrogens (tertiary/aromatic N) is 3. The van der Waals surface area contributed by atoms with Gasteiger partial charge in [0.1, 0.15) is 5.69 Å². The van der Waals surface area contributed by atoms with Crippen molar-refractivity contribution in [3.8, 4) is 0 Å². The Balaban J connectivity index is 1.76. The Bertz CT molecular complexity index is 812. The third-order valence-corrected chi connectivity index (χ3v) is 5.21. The van der Waals surface area contributed by atoms with E-state index in [0.29, 0.717) is 17.9 Å². The van der Waals surface area contributed by atoms with Crippen LogP contribution in [0.3, 0.4) is 0 Å². The average Bonchev–Trinajstić information content (AvgIpc) is 2.84.